The van der Waals surface area contributed by atoms with E-state index in [4.69, 9.17) is 9.72 Å². The fraction of sp³-hybridized carbons (Fsp3) is 0.286. The summed E-state index contributed by atoms with van der Waals surface area (Å²) in [4.78, 5) is 6.19. The second kappa shape index (κ2) is 7.66. The van der Waals surface area contributed by atoms with Gasteiger partial charge in [-0.15, -0.1) is 11.3 Å². The topological polar surface area (TPSA) is 59.5 Å². The highest BCUT2D eigenvalue weighted by molar-refractivity contribution is 7.89. The first-order valence-electron chi connectivity index (χ1n) is 9.24. The predicted molar refractivity (Wildman–Crippen MR) is 111 cm³/mol. The standard InChI is InChI=1S/C21H22N2O3S2/c1-3-15-7-4-5-10-20(15)28(24,25)23-12-11-18-19(14-23)27-21(22-18)16-8-6-9-17(13-16)26-2/h4-10,13H,3,11-12,14H2,1-2H3. The maximum atomic E-state index is 13.2. The van der Waals surface area contributed by atoms with Gasteiger partial charge >= 0.3 is 0 Å². The number of ether oxygens (including phenoxy) is 1. The number of thiazole rings is 1. The summed E-state index contributed by atoms with van der Waals surface area (Å²) in [5, 5.41) is 0.900. The minimum atomic E-state index is -3.52. The van der Waals surface area contributed by atoms with Crippen molar-refractivity contribution >= 4 is 21.4 Å². The van der Waals surface area contributed by atoms with Gasteiger partial charge in [0, 0.05) is 23.4 Å². The van der Waals surface area contributed by atoms with Gasteiger partial charge in [0.15, 0.2) is 0 Å². The minimum Gasteiger partial charge on any atom is -0.497 e. The number of fused-ring (bicyclic) bond motifs is 1. The smallest absolute Gasteiger partial charge is 0.243 e. The van der Waals surface area contributed by atoms with E-state index in [9.17, 15) is 8.42 Å². The molecule has 0 unspecified atom stereocenters. The van der Waals surface area contributed by atoms with Crippen molar-refractivity contribution < 1.29 is 13.2 Å². The number of benzene rings is 2. The summed E-state index contributed by atoms with van der Waals surface area (Å²) in [7, 11) is -1.88. The van der Waals surface area contributed by atoms with Crippen LogP contribution >= 0.6 is 11.3 Å². The number of rotatable bonds is 5. The van der Waals surface area contributed by atoms with Crippen LogP contribution in [0.2, 0.25) is 0 Å². The van der Waals surface area contributed by atoms with E-state index in [1.165, 1.54) is 0 Å². The molecule has 0 spiro atoms. The van der Waals surface area contributed by atoms with Crippen molar-refractivity contribution in [1.82, 2.24) is 9.29 Å². The number of sulfonamides is 1. The Hall–Kier alpha value is -2.22. The maximum Gasteiger partial charge on any atom is 0.243 e. The van der Waals surface area contributed by atoms with Gasteiger partial charge in [-0.05, 0) is 30.2 Å². The molecular formula is C21H22N2O3S2. The molecule has 1 aromatic heterocycles. The molecule has 2 aromatic carbocycles. The summed E-state index contributed by atoms with van der Waals surface area (Å²) in [5.74, 6) is 0.783. The predicted octanol–water partition coefficient (Wildman–Crippen LogP) is 4.13. The molecule has 0 saturated heterocycles. The Bertz CT molecular complexity index is 1110. The van der Waals surface area contributed by atoms with Gasteiger partial charge in [0.25, 0.3) is 0 Å². The highest BCUT2D eigenvalue weighted by Gasteiger charge is 2.31. The molecule has 5 nitrogen and oxygen atoms in total. The highest BCUT2D eigenvalue weighted by atomic mass is 32.2. The Morgan fingerprint density at radius 2 is 2.00 bits per heavy atom. The third-order valence-corrected chi connectivity index (χ3v) is 8.06. The van der Waals surface area contributed by atoms with E-state index in [0.29, 0.717) is 30.8 Å². The van der Waals surface area contributed by atoms with Crippen molar-refractivity contribution in [2.24, 2.45) is 0 Å². The first-order chi connectivity index (χ1) is 13.5. The molecule has 0 amide bonds. The highest BCUT2D eigenvalue weighted by Crippen LogP contribution is 2.35. The molecule has 1 aliphatic heterocycles. The van der Waals surface area contributed by atoms with Crippen molar-refractivity contribution in [2.45, 2.75) is 31.2 Å². The van der Waals surface area contributed by atoms with E-state index < -0.39 is 10.0 Å². The Kier molecular flexibility index (Phi) is 5.23. The first-order valence-corrected chi connectivity index (χ1v) is 11.5. The lowest BCUT2D eigenvalue weighted by atomic mass is 10.2. The van der Waals surface area contributed by atoms with Gasteiger partial charge in [0.05, 0.1) is 24.2 Å². The minimum absolute atomic E-state index is 0.372. The van der Waals surface area contributed by atoms with E-state index in [1.54, 1.807) is 34.9 Å². The number of hydrogen-bond acceptors (Lipinski definition) is 5. The molecule has 0 fully saturated rings. The molecule has 2 heterocycles. The molecule has 0 N–H and O–H groups in total. The van der Waals surface area contributed by atoms with Gasteiger partial charge in [0.2, 0.25) is 10.0 Å². The van der Waals surface area contributed by atoms with E-state index in [0.717, 1.165) is 32.5 Å². The van der Waals surface area contributed by atoms with Crippen molar-refractivity contribution in [3.63, 3.8) is 0 Å². The lowest BCUT2D eigenvalue weighted by molar-refractivity contribution is 0.392. The molecule has 4 rings (SSSR count). The molecular weight excluding hydrogens is 392 g/mol. The summed E-state index contributed by atoms with van der Waals surface area (Å²) >= 11 is 1.56. The fourth-order valence-electron chi connectivity index (χ4n) is 3.44. The number of aryl methyl sites for hydroxylation is 1. The first kappa shape index (κ1) is 19.1. The Balaban J connectivity index is 1.64. The average Bonchev–Trinajstić information content (AvgIpc) is 3.17. The molecule has 28 heavy (non-hydrogen) atoms. The number of hydrogen-bond donors (Lipinski definition) is 0. The Morgan fingerprint density at radius 1 is 1.18 bits per heavy atom. The van der Waals surface area contributed by atoms with Crippen molar-refractivity contribution in [3.8, 4) is 16.3 Å². The van der Waals surface area contributed by atoms with Crippen LogP contribution in [0.15, 0.2) is 53.4 Å². The van der Waals surface area contributed by atoms with Crippen LogP contribution in [-0.4, -0.2) is 31.4 Å². The van der Waals surface area contributed by atoms with Crippen LogP contribution in [0.25, 0.3) is 10.6 Å². The van der Waals surface area contributed by atoms with Crippen molar-refractivity contribution in [3.05, 3.63) is 64.7 Å². The van der Waals surface area contributed by atoms with E-state index in [2.05, 4.69) is 0 Å². The maximum absolute atomic E-state index is 13.2. The lowest BCUT2D eigenvalue weighted by Crippen LogP contribution is -2.36. The van der Waals surface area contributed by atoms with Gasteiger partial charge < -0.3 is 4.74 Å². The van der Waals surface area contributed by atoms with Crippen LogP contribution < -0.4 is 4.74 Å². The monoisotopic (exact) mass is 414 g/mol. The van der Waals surface area contributed by atoms with Crippen LogP contribution in [0.5, 0.6) is 5.75 Å². The number of methoxy groups -OCH3 is 1. The normalized spacial score (nSPS) is 14.6. The fourth-order valence-corrected chi connectivity index (χ4v) is 6.35. The summed E-state index contributed by atoms with van der Waals surface area (Å²) in [5.41, 5.74) is 2.84. The third kappa shape index (κ3) is 3.45. The zero-order valence-electron chi connectivity index (χ0n) is 15.9. The quantitative estimate of drug-likeness (QED) is 0.630. The molecule has 0 aliphatic carbocycles. The third-order valence-electron chi connectivity index (χ3n) is 4.98. The zero-order valence-corrected chi connectivity index (χ0v) is 17.5. The van der Waals surface area contributed by atoms with E-state index in [-0.39, 0.29) is 0 Å². The van der Waals surface area contributed by atoms with Gasteiger partial charge in [-0.1, -0.05) is 37.3 Å². The molecule has 1 aliphatic rings. The van der Waals surface area contributed by atoms with Crippen molar-refractivity contribution in [2.75, 3.05) is 13.7 Å². The van der Waals surface area contributed by atoms with Crippen LogP contribution in [0, 0.1) is 0 Å². The van der Waals surface area contributed by atoms with Gasteiger partial charge in [0.1, 0.15) is 10.8 Å². The van der Waals surface area contributed by atoms with Crippen LogP contribution in [0.4, 0.5) is 0 Å². The summed E-state index contributed by atoms with van der Waals surface area (Å²) in [6.07, 6.45) is 1.32. The second-order valence-electron chi connectivity index (χ2n) is 6.67. The Labute approximate surface area is 169 Å². The van der Waals surface area contributed by atoms with Crippen LogP contribution in [0.1, 0.15) is 23.1 Å². The van der Waals surface area contributed by atoms with E-state index >= 15 is 0 Å². The molecule has 0 atom stereocenters. The average molecular weight is 415 g/mol. The van der Waals surface area contributed by atoms with Crippen LogP contribution in [0.3, 0.4) is 0 Å². The summed E-state index contributed by atoms with van der Waals surface area (Å²) in [6.45, 7) is 2.80. The molecule has 0 saturated carbocycles. The molecule has 3 aromatic rings. The largest absolute Gasteiger partial charge is 0.497 e. The zero-order chi connectivity index (χ0) is 19.7. The summed E-state index contributed by atoms with van der Waals surface area (Å²) in [6, 6.07) is 15.1. The number of nitrogens with zero attached hydrogens (tertiary/aromatic N) is 2. The summed E-state index contributed by atoms with van der Waals surface area (Å²) < 4.78 is 33.3. The molecule has 0 radical (unpaired) electrons. The number of aromatic nitrogens is 1. The van der Waals surface area contributed by atoms with Gasteiger partial charge in [-0.2, -0.15) is 4.31 Å². The Morgan fingerprint density at radius 3 is 2.79 bits per heavy atom. The lowest BCUT2D eigenvalue weighted by Gasteiger charge is -2.26. The van der Waals surface area contributed by atoms with Gasteiger partial charge in [-0.25, -0.2) is 13.4 Å². The van der Waals surface area contributed by atoms with Gasteiger partial charge in [-0.3, -0.25) is 0 Å². The second-order valence-corrected chi connectivity index (χ2v) is 9.66. The van der Waals surface area contributed by atoms with Crippen LogP contribution in [-0.2, 0) is 29.4 Å². The SMILES string of the molecule is CCc1ccccc1S(=O)(=O)N1CCc2nc(-c3cccc(OC)c3)sc2C1. The molecule has 7 heteroatoms. The van der Waals surface area contributed by atoms with E-state index in [1.807, 2.05) is 43.3 Å². The molecule has 0 bridgehead atoms. The van der Waals surface area contributed by atoms with Crippen molar-refractivity contribution in [1.29, 1.82) is 0 Å². The molecule has 146 valence electrons.